The number of pyridine rings is 1. The molecule has 0 unspecified atom stereocenters. The molecule has 2 aromatic rings. The number of anilines is 1. The standard InChI is InChI=1S/C14H20N4S/c1-4-12-5-11(7-15)6-14(17-12)18(3)8-13-10(2)16-9-19-13/h5-6,9H,4,7-8,15H2,1-3H3. The number of hydrogen-bond acceptors (Lipinski definition) is 5. The Hall–Kier alpha value is -1.46. The van der Waals surface area contributed by atoms with Crippen molar-refractivity contribution in [1.29, 1.82) is 0 Å². The molecule has 5 heteroatoms. The molecule has 102 valence electrons. The van der Waals surface area contributed by atoms with Crippen LogP contribution in [0, 0.1) is 6.92 Å². The van der Waals surface area contributed by atoms with Gasteiger partial charge in [0.15, 0.2) is 0 Å². The van der Waals surface area contributed by atoms with Gasteiger partial charge in [0.2, 0.25) is 0 Å². The first kappa shape index (κ1) is 14.0. The zero-order valence-corrected chi connectivity index (χ0v) is 12.5. The van der Waals surface area contributed by atoms with Gasteiger partial charge in [0.05, 0.1) is 17.7 Å². The molecule has 0 atom stereocenters. The first-order valence-electron chi connectivity index (χ1n) is 6.44. The van der Waals surface area contributed by atoms with Crippen LogP contribution in [0.5, 0.6) is 0 Å². The number of thiazole rings is 1. The number of hydrogen-bond donors (Lipinski definition) is 1. The van der Waals surface area contributed by atoms with E-state index >= 15 is 0 Å². The minimum atomic E-state index is 0.552. The molecule has 0 fully saturated rings. The van der Waals surface area contributed by atoms with E-state index in [1.165, 1.54) is 4.88 Å². The monoisotopic (exact) mass is 276 g/mol. The quantitative estimate of drug-likeness (QED) is 0.911. The first-order valence-corrected chi connectivity index (χ1v) is 7.32. The number of nitrogens with two attached hydrogens (primary N) is 1. The highest BCUT2D eigenvalue weighted by Gasteiger charge is 2.09. The van der Waals surface area contributed by atoms with E-state index in [4.69, 9.17) is 5.73 Å². The Morgan fingerprint density at radius 3 is 2.74 bits per heavy atom. The van der Waals surface area contributed by atoms with E-state index in [9.17, 15) is 0 Å². The zero-order chi connectivity index (χ0) is 13.8. The molecule has 0 aromatic carbocycles. The molecule has 0 amide bonds. The van der Waals surface area contributed by atoms with Crippen LogP contribution >= 0.6 is 11.3 Å². The lowest BCUT2D eigenvalue weighted by atomic mass is 10.2. The van der Waals surface area contributed by atoms with E-state index in [1.54, 1.807) is 11.3 Å². The van der Waals surface area contributed by atoms with Gasteiger partial charge in [-0.1, -0.05) is 6.92 Å². The lowest BCUT2D eigenvalue weighted by Crippen LogP contribution is -2.18. The van der Waals surface area contributed by atoms with Crippen molar-refractivity contribution in [1.82, 2.24) is 9.97 Å². The van der Waals surface area contributed by atoms with Gasteiger partial charge in [-0.3, -0.25) is 0 Å². The highest BCUT2D eigenvalue weighted by Crippen LogP contribution is 2.20. The Kier molecular flexibility index (Phi) is 4.50. The van der Waals surface area contributed by atoms with Crippen LogP contribution in [0.1, 0.15) is 28.8 Å². The second-order valence-electron chi connectivity index (χ2n) is 4.60. The predicted molar refractivity (Wildman–Crippen MR) is 80.5 cm³/mol. The Labute approximate surface area is 118 Å². The number of aryl methyl sites for hydroxylation is 2. The molecule has 0 aliphatic heterocycles. The van der Waals surface area contributed by atoms with Crippen LogP contribution in [-0.4, -0.2) is 17.0 Å². The minimum absolute atomic E-state index is 0.552. The summed E-state index contributed by atoms with van der Waals surface area (Å²) in [6.07, 6.45) is 0.925. The van der Waals surface area contributed by atoms with Crippen molar-refractivity contribution in [3.8, 4) is 0 Å². The van der Waals surface area contributed by atoms with E-state index in [0.29, 0.717) is 6.54 Å². The fraction of sp³-hybridized carbons (Fsp3) is 0.429. The van der Waals surface area contributed by atoms with Gasteiger partial charge in [-0.25, -0.2) is 9.97 Å². The molecule has 0 bridgehead atoms. The minimum Gasteiger partial charge on any atom is -0.354 e. The molecule has 4 nitrogen and oxygen atoms in total. The van der Waals surface area contributed by atoms with Gasteiger partial charge in [0, 0.05) is 24.2 Å². The number of rotatable bonds is 5. The van der Waals surface area contributed by atoms with Gasteiger partial charge in [0.25, 0.3) is 0 Å². The Morgan fingerprint density at radius 2 is 2.16 bits per heavy atom. The van der Waals surface area contributed by atoms with Crippen molar-refractivity contribution in [2.45, 2.75) is 33.4 Å². The molecule has 2 heterocycles. The zero-order valence-electron chi connectivity index (χ0n) is 11.7. The van der Waals surface area contributed by atoms with E-state index in [-0.39, 0.29) is 0 Å². The molecular weight excluding hydrogens is 256 g/mol. The Morgan fingerprint density at radius 1 is 1.37 bits per heavy atom. The van der Waals surface area contributed by atoms with Crippen molar-refractivity contribution in [3.05, 3.63) is 39.5 Å². The summed E-state index contributed by atoms with van der Waals surface area (Å²) in [5.41, 5.74) is 11.0. The highest BCUT2D eigenvalue weighted by molar-refractivity contribution is 7.09. The molecule has 19 heavy (non-hydrogen) atoms. The van der Waals surface area contributed by atoms with Gasteiger partial charge in [0.1, 0.15) is 5.82 Å². The molecule has 2 N–H and O–H groups in total. The van der Waals surface area contributed by atoms with Crippen molar-refractivity contribution in [2.24, 2.45) is 5.73 Å². The number of nitrogens with zero attached hydrogens (tertiary/aromatic N) is 3. The van der Waals surface area contributed by atoms with Gasteiger partial charge < -0.3 is 10.6 Å². The molecule has 0 aliphatic carbocycles. The van der Waals surface area contributed by atoms with E-state index in [2.05, 4.69) is 41.0 Å². The Bertz CT molecular complexity index is 528. The van der Waals surface area contributed by atoms with Crippen molar-refractivity contribution in [3.63, 3.8) is 0 Å². The smallest absolute Gasteiger partial charge is 0.129 e. The lowest BCUT2D eigenvalue weighted by molar-refractivity contribution is 0.877. The topological polar surface area (TPSA) is 55.0 Å². The third-order valence-electron chi connectivity index (χ3n) is 3.14. The molecule has 0 spiro atoms. The van der Waals surface area contributed by atoms with Crippen molar-refractivity contribution >= 4 is 17.2 Å². The fourth-order valence-corrected chi connectivity index (χ4v) is 2.73. The maximum absolute atomic E-state index is 5.75. The largest absolute Gasteiger partial charge is 0.354 e. The van der Waals surface area contributed by atoms with E-state index in [0.717, 1.165) is 35.7 Å². The summed E-state index contributed by atoms with van der Waals surface area (Å²) in [5.74, 6) is 0.979. The van der Waals surface area contributed by atoms with Crippen LogP contribution < -0.4 is 10.6 Å². The molecule has 2 rings (SSSR count). The SMILES string of the molecule is CCc1cc(CN)cc(N(C)Cc2scnc2C)n1. The normalized spacial score (nSPS) is 10.7. The third-order valence-corrected chi connectivity index (χ3v) is 4.06. The molecule has 0 radical (unpaired) electrons. The first-order chi connectivity index (χ1) is 9.13. The summed E-state index contributed by atoms with van der Waals surface area (Å²) in [4.78, 5) is 12.4. The Balaban J connectivity index is 2.23. The second-order valence-corrected chi connectivity index (χ2v) is 5.54. The average molecular weight is 276 g/mol. The maximum Gasteiger partial charge on any atom is 0.129 e. The van der Waals surface area contributed by atoms with E-state index < -0.39 is 0 Å². The third kappa shape index (κ3) is 3.30. The van der Waals surface area contributed by atoms with Gasteiger partial charge in [-0.15, -0.1) is 11.3 Å². The molecule has 0 saturated carbocycles. The van der Waals surface area contributed by atoms with Crippen LogP contribution in [0.2, 0.25) is 0 Å². The number of aromatic nitrogens is 2. The van der Waals surface area contributed by atoms with Crippen molar-refractivity contribution in [2.75, 3.05) is 11.9 Å². The van der Waals surface area contributed by atoms with Crippen LogP contribution in [0.3, 0.4) is 0 Å². The average Bonchev–Trinajstić information content (AvgIpc) is 2.83. The summed E-state index contributed by atoms with van der Waals surface area (Å²) in [6, 6.07) is 4.14. The van der Waals surface area contributed by atoms with Crippen LogP contribution in [-0.2, 0) is 19.5 Å². The maximum atomic E-state index is 5.75. The predicted octanol–water partition coefficient (Wildman–Crippen LogP) is 2.50. The van der Waals surface area contributed by atoms with Gasteiger partial charge >= 0.3 is 0 Å². The van der Waals surface area contributed by atoms with E-state index in [1.807, 2.05) is 12.4 Å². The summed E-state index contributed by atoms with van der Waals surface area (Å²) in [5, 5.41) is 0. The summed E-state index contributed by atoms with van der Waals surface area (Å²) >= 11 is 1.69. The van der Waals surface area contributed by atoms with Crippen LogP contribution in [0.4, 0.5) is 5.82 Å². The summed E-state index contributed by atoms with van der Waals surface area (Å²) in [7, 11) is 2.06. The highest BCUT2D eigenvalue weighted by atomic mass is 32.1. The fourth-order valence-electron chi connectivity index (χ4n) is 1.90. The van der Waals surface area contributed by atoms with Crippen molar-refractivity contribution < 1.29 is 0 Å². The second kappa shape index (κ2) is 6.12. The summed E-state index contributed by atoms with van der Waals surface area (Å²) in [6.45, 7) is 5.54. The molecule has 0 saturated heterocycles. The molecule has 0 aliphatic rings. The molecular formula is C14H20N4S. The summed E-state index contributed by atoms with van der Waals surface area (Å²) < 4.78 is 0. The van der Waals surface area contributed by atoms with Crippen LogP contribution in [0.15, 0.2) is 17.6 Å². The lowest BCUT2D eigenvalue weighted by Gasteiger charge is -2.19. The van der Waals surface area contributed by atoms with Gasteiger partial charge in [-0.05, 0) is 31.0 Å². The van der Waals surface area contributed by atoms with Gasteiger partial charge in [-0.2, -0.15) is 0 Å². The molecule has 2 aromatic heterocycles. The van der Waals surface area contributed by atoms with Crippen LogP contribution in [0.25, 0.3) is 0 Å².